The topological polar surface area (TPSA) is 79.6 Å². The zero-order chi connectivity index (χ0) is 18.7. The van der Waals surface area contributed by atoms with E-state index in [9.17, 15) is 19.5 Å². The molecule has 0 fully saturated rings. The molecule has 1 aliphatic rings. The normalized spacial score (nSPS) is 16.9. The molecule has 0 saturated heterocycles. The van der Waals surface area contributed by atoms with Crippen LogP contribution in [0.1, 0.15) is 31.9 Å². The molecule has 0 radical (unpaired) electrons. The number of likely N-dealkylation sites (N-methyl/N-ethyl adjacent to an activating group) is 1. The molecule has 6 nitrogen and oxygen atoms in total. The van der Waals surface area contributed by atoms with Crippen LogP contribution in [0.2, 0.25) is 0 Å². The first-order chi connectivity index (χ1) is 11.8. The van der Waals surface area contributed by atoms with Crippen molar-refractivity contribution in [2.75, 3.05) is 6.54 Å². The number of hydrogen-bond donors (Lipinski definition) is 1. The highest BCUT2D eigenvalue weighted by molar-refractivity contribution is 6.14. The quantitative estimate of drug-likeness (QED) is 0.672. The van der Waals surface area contributed by atoms with E-state index in [0.717, 1.165) is 0 Å². The summed E-state index contributed by atoms with van der Waals surface area (Å²) in [7, 11) is 0. The Morgan fingerprint density at radius 3 is 2.40 bits per heavy atom. The number of nitrogens with zero attached hydrogens (tertiary/aromatic N) is 2. The van der Waals surface area contributed by atoms with E-state index < -0.39 is 0 Å². The maximum atomic E-state index is 12.4. The van der Waals surface area contributed by atoms with Crippen LogP contribution in [0.4, 0.5) is 0 Å². The van der Waals surface area contributed by atoms with E-state index in [-0.39, 0.29) is 23.3 Å². The van der Waals surface area contributed by atoms with Gasteiger partial charge in [0, 0.05) is 36.4 Å². The number of carbonyl (C=O) groups excluding carboxylic acids is 2. The molecule has 2 amide bonds. The van der Waals surface area contributed by atoms with Crippen LogP contribution in [0.5, 0.6) is 5.88 Å². The number of carbonyl (C=O) groups is 2. The van der Waals surface area contributed by atoms with E-state index in [1.54, 1.807) is 45.9 Å². The van der Waals surface area contributed by atoms with Crippen LogP contribution >= 0.6 is 0 Å². The molecule has 0 aromatic carbocycles. The second-order valence-electron chi connectivity index (χ2n) is 5.80. The number of rotatable bonds is 4. The number of aromatic hydroxyl groups is 1. The van der Waals surface area contributed by atoms with Gasteiger partial charge in [0.25, 0.3) is 17.4 Å². The van der Waals surface area contributed by atoms with Crippen LogP contribution in [0.3, 0.4) is 0 Å². The van der Waals surface area contributed by atoms with Crippen LogP contribution in [0.15, 0.2) is 40.2 Å². The Labute approximate surface area is 146 Å². The minimum absolute atomic E-state index is 0.102. The summed E-state index contributed by atoms with van der Waals surface area (Å²) < 4.78 is 1.27. The Morgan fingerprint density at radius 2 is 1.80 bits per heavy atom. The number of allylic oxidation sites excluding steroid dienone is 2. The van der Waals surface area contributed by atoms with Gasteiger partial charge >= 0.3 is 0 Å². The minimum Gasteiger partial charge on any atom is -0.494 e. The second-order valence-corrected chi connectivity index (χ2v) is 5.80. The number of imide groups is 1. The summed E-state index contributed by atoms with van der Waals surface area (Å²) in [6, 6.07) is 1.46. The van der Waals surface area contributed by atoms with Gasteiger partial charge in [0.2, 0.25) is 5.88 Å². The molecule has 132 valence electrons. The minimum atomic E-state index is -0.336. The van der Waals surface area contributed by atoms with Crippen LogP contribution in [-0.2, 0) is 16.1 Å². The van der Waals surface area contributed by atoms with Gasteiger partial charge in [-0.25, -0.2) is 0 Å². The van der Waals surface area contributed by atoms with Crippen molar-refractivity contribution >= 4 is 17.9 Å². The SMILES string of the molecule is CCN1C(=O)C=C(C)/C(=C/C=C/c2c(C)cc(=O)n(CC)c2O)C1=O. The van der Waals surface area contributed by atoms with Gasteiger partial charge in [-0.1, -0.05) is 6.08 Å². The number of aryl methyl sites for hydroxylation is 1. The van der Waals surface area contributed by atoms with E-state index in [2.05, 4.69) is 0 Å². The molecular formula is C19H22N2O4. The van der Waals surface area contributed by atoms with Crippen molar-refractivity contribution in [3.63, 3.8) is 0 Å². The smallest absolute Gasteiger partial charge is 0.260 e. The van der Waals surface area contributed by atoms with Crippen molar-refractivity contribution in [1.82, 2.24) is 9.47 Å². The van der Waals surface area contributed by atoms with Gasteiger partial charge in [-0.05, 0) is 51.0 Å². The highest BCUT2D eigenvalue weighted by Crippen LogP contribution is 2.22. The molecule has 0 spiro atoms. The molecule has 0 unspecified atom stereocenters. The lowest BCUT2D eigenvalue weighted by molar-refractivity contribution is -0.139. The van der Waals surface area contributed by atoms with Crippen molar-refractivity contribution in [1.29, 1.82) is 0 Å². The van der Waals surface area contributed by atoms with Crippen molar-refractivity contribution in [2.45, 2.75) is 34.2 Å². The number of aromatic nitrogens is 1. The zero-order valence-corrected chi connectivity index (χ0v) is 14.9. The number of amides is 2. The van der Waals surface area contributed by atoms with Crippen LogP contribution in [0.25, 0.3) is 6.08 Å². The third-order valence-corrected chi connectivity index (χ3v) is 4.19. The molecule has 1 N–H and O–H groups in total. The predicted octanol–water partition coefficient (Wildman–Crippen LogP) is 2.16. The monoisotopic (exact) mass is 342 g/mol. The highest BCUT2D eigenvalue weighted by Gasteiger charge is 2.27. The van der Waals surface area contributed by atoms with Crippen LogP contribution in [-0.4, -0.2) is 32.9 Å². The summed E-state index contributed by atoms with van der Waals surface area (Å²) in [6.45, 7) is 7.64. The molecule has 6 heteroatoms. The van der Waals surface area contributed by atoms with Gasteiger partial charge in [-0.15, -0.1) is 0 Å². The lowest BCUT2D eigenvalue weighted by Crippen LogP contribution is -2.39. The van der Waals surface area contributed by atoms with Crippen molar-refractivity contribution < 1.29 is 14.7 Å². The third-order valence-electron chi connectivity index (χ3n) is 4.19. The Morgan fingerprint density at radius 1 is 1.12 bits per heavy atom. The second kappa shape index (κ2) is 7.34. The third kappa shape index (κ3) is 3.47. The van der Waals surface area contributed by atoms with Crippen molar-refractivity contribution in [3.8, 4) is 5.88 Å². The summed E-state index contributed by atoms with van der Waals surface area (Å²) in [5.41, 5.74) is 1.94. The summed E-state index contributed by atoms with van der Waals surface area (Å²) in [5, 5.41) is 10.3. The Kier molecular flexibility index (Phi) is 5.41. The fourth-order valence-corrected chi connectivity index (χ4v) is 2.78. The Balaban J connectivity index is 2.42. The maximum absolute atomic E-state index is 12.4. The molecule has 1 aromatic heterocycles. The molecule has 25 heavy (non-hydrogen) atoms. The fraction of sp³-hybridized carbons (Fsp3) is 0.316. The molecular weight excluding hydrogens is 320 g/mol. The number of pyridine rings is 1. The summed E-state index contributed by atoms with van der Waals surface area (Å²) in [6.07, 6.45) is 6.34. The molecule has 1 aliphatic heterocycles. The van der Waals surface area contributed by atoms with Crippen molar-refractivity contribution in [2.24, 2.45) is 0 Å². The van der Waals surface area contributed by atoms with Gasteiger partial charge < -0.3 is 5.11 Å². The first-order valence-corrected chi connectivity index (χ1v) is 8.18. The van der Waals surface area contributed by atoms with E-state index >= 15 is 0 Å². The lowest BCUT2D eigenvalue weighted by Gasteiger charge is -2.23. The van der Waals surface area contributed by atoms with Gasteiger partial charge in [-0.3, -0.25) is 23.9 Å². The van der Waals surface area contributed by atoms with Crippen LogP contribution < -0.4 is 5.56 Å². The first kappa shape index (κ1) is 18.4. The Bertz CT molecular complexity index is 872. The molecule has 2 heterocycles. The fourth-order valence-electron chi connectivity index (χ4n) is 2.78. The van der Waals surface area contributed by atoms with Crippen LogP contribution in [0, 0.1) is 6.92 Å². The van der Waals surface area contributed by atoms with E-state index in [4.69, 9.17) is 0 Å². The molecule has 0 aliphatic carbocycles. The van der Waals surface area contributed by atoms with Gasteiger partial charge in [0.15, 0.2) is 0 Å². The summed E-state index contributed by atoms with van der Waals surface area (Å²) in [5.74, 6) is -0.749. The molecule has 0 saturated carbocycles. The zero-order valence-electron chi connectivity index (χ0n) is 14.9. The maximum Gasteiger partial charge on any atom is 0.260 e. The standard InChI is InChI=1S/C19H22N2O4/c1-5-20-16(22)10-12(3)14(18(20)24)8-7-9-15-13(4)11-17(23)21(6-2)19(15)25/h7-11,24H,5-6H2,1-4H3/b8-7+,15-9-. The molecule has 0 bridgehead atoms. The average molecular weight is 342 g/mol. The lowest BCUT2D eigenvalue weighted by atomic mass is 10.0. The largest absolute Gasteiger partial charge is 0.494 e. The molecule has 2 rings (SSSR count). The number of hydrogen-bond acceptors (Lipinski definition) is 4. The molecule has 0 atom stereocenters. The summed E-state index contributed by atoms with van der Waals surface area (Å²) >= 11 is 0. The van der Waals surface area contributed by atoms with Gasteiger partial charge in [0.05, 0.1) is 0 Å². The Hall–Kier alpha value is -2.89. The van der Waals surface area contributed by atoms with E-state index in [0.29, 0.717) is 35.4 Å². The van der Waals surface area contributed by atoms with E-state index in [1.807, 2.05) is 0 Å². The van der Waals surface area contributed by atoms with Crippen molar-refractivity contribution in [3.05, 3.63) is 56.9 Å². The van der Waals surface area contributed by atoms with Gasteiger partial charge in [0.1, 0.15) is 0 Å². The predicted molar refractivity (Wildman–Crippen MR) is 96.0 cm³/mol. The molecule has 1 aromatic rings. The first-order valence-electron chi connectivity index (χ1n) is 8.18. The summed E-state index contributed by atoms with van der Waals surface area (Å²) in [4.78, 5) is 37.2. The van der Waals surface area contributed by atoms with E-state index in [1.165, 1.54) is 21.6 Å². The van der Waals surface area contributed by atoms with Gasteiger partial charge in [-0.2, -0.15) is 0 Å². The average Bonchev–Trinajstić information content (AvgIpc) is 2.53. The highest BCUT2D eigenvalue weighted by atomic mass is 16.3.